The van der Waals surface area contributed by atoms with Crippen LogP contribution in [0.1, 0.15) is 35.1 Å². The van der Waals surface area contributed by atoms with Gasteiger partial charge in [-0.15, -0.1) is 0 Å². The third-order valence-corrected chi connectivity index (χ3v) is 6.30. The first-order valence-electron chi connectivity index (χ1n) is 9.83. The molecule has 31 heavy (non-hydrogen) atoms. The second kappa shape index (κ2) is 7.67. The van der Waals surface area contributed by atoms with Crippen molar-refractivity contribution in [1.82, 2.24) is 0 Å². The minimum atomic E-state index is -0.418. The molecule has 1 N–H and O–H groups in total. The van der Waals surface area contributed by atoms with Crippen LogP contribution in [0.25, 0.3) is 11.0 Å². The van der Waals surface area contributed by atoms with E-state index in [2.05, 4.69) is 33.4 Å². The molecule has 5 rings (SSSR count). The van der Waals surface area contributed by atoms with Gasteiger partial charge in [-0.2, -0.15) is 0 Å². The van der Waals surface area contributed by atoms with E-state index in [1.54, 1.807) is 18.2 Å². The summed E-state index contributed by atoms with van der Waals surface area (Å²) < 4.78 is 6.56. The standard InChI is InChI=1S/C24H17BrN2O4/c25-16-9-5-14(6-10-16)19-13-20(15-7-11-17(12-8-15)27(29)30)26-23-22(19)18-3-1-2-4-21(18)31-24(23)28/h1-12,19-20,26H,13H2/t19-,20+/m1/s1. The number of fused-ring (bicyclic) bond motifs is 3. The van der Waals surface area contributed by atoms with Crippen LogP contribution in [-0.4, -0.2) is 4.92 Å². The van der Waals surface area contributed by atoms with E-state index in [9.17, 15) is 14.9 Å². The van der Waals surface area contributed by atoms with Crippen molar-refractivity contribution in [3.05, 3.63) is 114 Å². The first-order chi connectivity index (χ1) is 15.0. The molecule has 0 aliphatic carbocycles. The van der Waals surface area contributed by atoms with Gasteiger partial charge in [0.25, 0.3) is 5.69 Å². The maximum Gasteiger partial charge on any atom is 0.360 e. The van der Waals surface area contributed by atoms with E-state index < -0.39 is 10.5 Å². The van der Waals surface area contributed by atoms with Gasteiger partial charge in [-0.1, -0.05) is 58.4 Å². The molecule has 0 amide bonds. The van der Waals surface area contributed by atoms with Gasteiger partial charge in [0, 0.05) is 33.5 Å². The Balaban J connectivity index is 1.68. The Morgan fingerprint density at radius 2 is 1.65 bits per heavy atom. The van der Waals surface area contributed by atoms with E-state index in [4.69, 9.17) is 4.42 Å². The van der Waals surface area contributed by atoms with Gasteiger partial charge in [0.05, 0.1) is 11.0 Å². The fourth-order valence-electron chi connectivity index (χ4n) is 4.30. The van der Waals surface area contributed by atoms with Crippen LogP contribution in [-0.2, 0) is 0 Å². The molecule has 0 spiro atoms. The number of anilines is 1. The zero-order valence-electron chi connectivity index (χ0n) is 16.2. The molecule has 154 valence electrons. The number of nitro benzene ring substituents is 1. The van der Waals surface area contributed by atoms with Crippen LogP contribution >= 0.6 is 15.9 Å². The lowest BCUT2D eigenvalue weighted by molar-refractivity contribution is -0.384. The van der Waals surface area contributed by atoms with Crippen LogP contribution in [0.2, 0.25) is 0 Å². The minimum Gasteiger partial charge on any atom is -0.421 e. The molecule has 4 aromatic rings. The van der Waals surface area contributed by atoms with Gasteiger partial charge in [0.2, 0.25) is 0 Å². The molecular formula is C24H17BrN2O4. The highest BCUT2D eigenvalue weighted by atomic mass is 79.9. The highest BCUT2D eigenvalue weighted by Gasteiger charge is 2.33. The van der Waals surface area contributed by atoms with Gasteiger partial charge in [-0.05, 0) is 35.7 Å². The molecular weight excluding hydrogens is 460 g/mol. The summed E-state index contributed by atoms with van der Waals surface area (Å²) in [7, 11) is 0. The molecule has 1 aliphatic heterocycles. The fourth-order valence-corrected chi connectivity index (χ4v) is 4.57. The van der Waals surface area contributed by atoms with Gasteiger partial charge in [0.1, 0.15) is 11.3 Å². The van der Waals surface area contributed by atoms with E-state index in [0.717, 1.165) is 26.5 Å². The molecule has 0 bridgehead atoms. The zero-order chi connectivity index (χ0) is 21.5. The van der Waals surface area contributed by atoms with Crippen molar-refractivity contribution in [3.8, 4) is 0 Å². The molecule has 0 saturated carbocycles. The molecule has 2 heterocycles. The third kappa shape index (κ3) is 3.51. The summed E-state index contributed by atoms with van der Waals surface area (Å²) in [4.78, 5) is 23.5. The molecule has 0 fully saturated rings. The van der Waals surface area contributed by atoms with Crippen molar-refractivity contribution in [2.24, 2.45) is 0 Å². The number of benzene rings is 3. The number of nitrogens with zero attached hydrogens (tertiary/aromatic N) is 1. The first kappa shape index (κ1) is 19.5. The average molecular weight is 477 g/mol. The SMILES string of the molecule is O=c1oc2ccccc2c2c1N[C@H](c1ccc([N+](=O)[O-])cc1)C[C@@H]2c1ccc(Br)cc1. The second-order valence-electron chi connectivity index (χ2n) is 7.56. The average Bonchev–Trinajstić information content (AvgIpc) is 2.79. The van der Waals surface area contributed by atoms with Crippen molar-refractivity contribution < 1.29 is 9.34 Å². The van der Waals surface area contributed by atoms with E-state index in [1.807, 2.05) is 30.3 Å². The molecule has 0 saturated heterocycles. The smallest absolute Gasteiger partial charge is 0.360 e. The van der Waals surface area contributed by atoms with Crippen molar-refractivity contribution in [1.29, 1.82) is 0 Å². The highest BCUT2D eigenvalue weighted by Crippen LogP contribution is 2.45. The lowest BCUT2D eigenvalue weighted by Crippen LogP contribution is -2.27. The van der Waals surface area contributed by atoms with Crippen molar-refractivity contribution in [2.75, 3.05) is 5.32 Å². The summed E-state index contributed by atoms with van der Waals surface area (Å²) in [5.41, 5.74) is 3.52. The first-order valence-corrected chi connectivity index (χ1v) is 10.6. The maximum atomic E-state index is 12.9. The second-order valence-corrected chi connectivity index (χ2v) is 8.48. The Bertz CT molecular complexity index is 1350. The van der Waals surface area contributed by atoms with Crippen molar-refractivity contribution >= 4 is 38.3 Å². The molecule has 6 nitrogen and oxygen atoms in total. The lowest BCUT2D eigenvalue weighted by Gasteiger charge is -2.33. The van der Waals surface area contributed by atoms with Crippen LogP contribution in [0.4, 0.5) is 11.4 Å². The van der Waals surface area contributed by atoms with Crippen LogP contribution in [0, 0.1) is 10.1 Å². The lowest BCUT2D eigenvalue weighted by atomic mass is 9.79. The highest BCUT2D eigenvalue weighted by molar-refractivity contribution is 9.10. The molecule has 1 aliphatic rings. The molecule has 0 radical (unpaired) electrons. The fraction of sp³-hybridized carbons (Fsp3) is 0.125. The Morgan fingerprint density at radius 3 is 2.35 bits per heavy atom. The molecule has 1 aromatic heterocycles. The third-order valence-electron chi connectivity index (χ3n) is 5.77. The normalized spacial score (nSPS) is 17.7. The predicted molar refractivity (Wildman–Crippen MR) is 123 cm³/mol. The van der Waals surface area contributed by atoms with Gasteiger partial charge >= 0.3 is 5.63 Å². The summed E-state index contributed by atoms with van der Waals surface area (Å²) in [6.07, 6.45) is 0.694. The van der Waals surface area contributed by atoms with Gasteiger partial charge in [-0.25, -0.2) is 4.79 Å². The summed E-state index contributed by atoms with van der Waals surface area (Å²) in [5, 5.41) is 15.3. The van der Waals surface area contributed by atoms with Crippen LogP contribution < -0.4 is 10.9 Å². The van der Waals surface area contributed by atoms with Gasteiger partial charge < -0.3 is 9.73 Å². The largest absolute Gasteiger partial charge is 0.421 e. The quantitative estimate of drug-likeness (QED) is 0.217. The summed E-state index contributed by atoms with van der Waals surface area (Å²) in [5.74, 6) is -0.0430. The van der Waals surface area contributed by atoms with Crippen molar-refractivity contribution in [3.63, 3.8) is 0 Å². The van der Waals surface area contributed by atoms with Crippen molar-refractivity contribution in [2.45, 2.75) is 18.4 Å². The Morgan fingerprint density at radius 1 is 0.968 bits per heavy atom. The zero-order valence-corrected chi connectivity index (χ0v) is 17.8. The summed E-state index contributed by atoms with van der Waals surface area (Å²) >= 11 is 3.49. The number of non-ortho nitro benzene ring substituents is 1. The summed E-state index contributed by atoms with van der Waals surface area (Å²) in [6, 6.07) is 21.9. The number of halogens is 1. The molecule has 2 atom stereocenters. The van der Waals surface area contributed by atoms with E-state index in [0.29, 0.717) is 17.7 Å². The number of rotatable bonds is 3. The molecule has 7 heteroatoms. The monoisotopic (exact) mass is 476 g/mol. The summed E-state index contributed by atoms with van der Waals surface area (Å²) in [6.45, 7) is 0. The number of nitro groups is 1. The number of para-hydroxylation sites is 1. The molecule has 0 unspecified atom stereocenters. The maximum absolute atomic E-state index is 12.9. The number of hydrogen-bond donors (Lipinski definition) is 1. The van der Waals surface area contributed by atoms with E-state index in [1.165, 1.54) is 12.1 Å². The number of hydrogen-bond acceptors (Lipinski definition) is 5. The van der Waals surface area contributed by atoms with Gasteiger partial charge in [0.15, 0.2) is 0 Å². The number of nitrogens with one attached hydrogen (secondary N) is 1. The van der Waals surface area contributed by atoms with E-state index >= 15 is 0 Å². The Labute approximate surface area is 185 Å². The predicted octanol–water partition coefficient (Wildman–Crippen LogP) is 6.15. The Kier molecular flexibility index (Phi) is 4.82. The topological polar surface area (TPSA) is 85.4 Å². The van der Waals surface area contributed by atoms with Crippen LogP contribution in [0.5, 0.6) is 0 Å². The molecule has 3 aromatic carbocycles. The van der Waals surface area contributed by atoms with E-state index in [-0.39, 0.29) is 17.6 Å². The van der Waals surface area contributed by atoms with Crippen LogP contribution in [0.15, 0.2) is 86.5 Å². The van der Waals surface area contributed by atoms with Crippen LogP contribution in [0.3, 0.4) is 0 Å². The minimum absolute atomic E-state index is 0.0370. The Hall–Kier alpha value is -3.45. The van der Waals surface area contributed by atoms with Gasteiger partial charge in [-0.3, -0.25) is 10.1 Å².